The zero-order chi connectivity index (χ0) is 15.6. The van der Waals surface area contributed by atoms with Gasteiger partial charge in [-0.2, -0.15) is 5.10 Å². The summed E-state index contributed by atoms with van der Waals surface area (Å²) in [5, 5.41) is 19.9. The summed E-state index contributed by atoms with van der Waals surface area (Å²) in [7, 11) is 0. The summed E-state index contributed by atoms with van der Waals surface area (Å²) in [5.74, 6) is -0.429. The van der Waals surface area contributed by atoms with E-state index < -0.39 is 0 Å². The first-order valence-electron chi connectivity index (χ1n) is 6.68. The first kappa shape index (κ1) is 15.4. The number of rotatable bonds is 4. The van der Waals surface area contributed by atoms with Gasteiger partial charge in [-0.1, -0.05) is 18.5 Å². The van der Waals surface area contributed by atoms with Gasteiger partial charge in [0.2, 0.25) is 5.91 Å². The van der Waals surface area contributed by atoms with E-state index in [0.29, 0.717) is 17.1 Å². The van der Waals surface area contributed by atoms with Crippen LogP contribution in [0.2, 0.25) is 5.02 Å². The highest BCUT2D eigenvalue weighted by Crippen LogP contribution is 2.27. The van der Waals surface area contributed by atoms with Gasteiger partial charge in [0, 0.05) is 16.6 Å². The number of aryl methyl sites for hydroxylation is 2. The average Bonchev–Trinajstić information content (AvgIpc) is 2.74. The first-order valence-corrected chi connectivity index (χ1v) is 7.06. The first-order chi connectivity index (χ1) is 9.88. The van der Waals surface area contributed by atoms with Crippen LogP contribution in [0.25, 0.3) is 0 Å². The van der Waals surface area contributed by atoms with Crippen molar-refractivity contribution in [2.24, 2.45) is 5.92 Å². The molecule has 2 aromatic rings. The molecule has 1 unspecified atom stereocenters. The summed E-state index contributed by atoms with van der Waals surface area (Å²) in [6, 6.07) is 4.54. The molecule has 0 aliphatic heterocycles. The topological polar surface area (TPSA) is 78.0 Å². The molecular formula is C15H18ClN3O2. The molecule has 0 spiro atoms. The largest absolute Gasteiger partial charge is 0.506 e. The average molecular weight is 308 g/mol. The van der Waals surface area contributed by atoms with Crippen LogP contribution in [0.1, 0.15) is 23.9 Å². The van der Waals surface area contributed by atoms with Gasteiger partial charge in [-0.3, -0.25) is 9.89 Å². The van der Waals surface area contributed by atoms with Gasteiger partial charge in [0.15, 0.2) is 0 Å². The van der Waals surface area contributed by atoms with Crippen molar-refractivity contribution in [1.82, 2.24) is 10.2 Å². The number of phenols is 1. The predicted octanol–water partition coefficient (Wildman–Crippen LogP) is 3.20. The smallest absolute Gasteiger partial charge is 0.227 e. The Kier molecular flexibility index (Phi) is 4.53. The van der Waals surface area contributed by atoms with Gasteiger partial charge < -0.3 is 10.4 Å². The van der Waals surface area contributed by atoms with Crippen molar-refractivity contribution in [3.63, 3.8) is 0 Å². The lowest BCUT2D eigenvalue weighted by Crippen LogP contribution is -2.22. The second-order valence-corrected chi connectivity index (χ2v) is 5.60. The highest BCUT2D eigenvalue weighted by atomic mass is 35.5. The van der Waals surface area contributed by atoms with Crippen molar-refractivity contribution in [1.29, 1.82) is 0 Å². The van der Waals surface area contributed by atoms with Crippen molar-refractivity contribution in [2.45, 2.75) is 27.2 Å². The van der Waals surface area contributed by atoms with E-state index in [0.717, 1.165) is 17.0 Å². The number of aromatic nitrogens is 2. The van der Waals surface area contributed by atoms with Gasteiger partial charge in [0.05, 0.1) is 11.4 Å². The maximum absolute atomic E-state index is 12.2. The summed E-state index contributed by atoms with van der Waals surface area (Å²) < 4.78 is 0. The Hall–Kier alpha value is -2.01. The summed E-state index contributed by atoms with van der Waals surface area (Å²) in [5.41, 5.74) is 3.24. The molecule has 0 aliphatic carbocycles. The molecule has 2 rings (SSSR count). The van der Waals surface area contributed by atoms with Gasteiger partial charge in [0.25, 0.3) is 0 Å². The maximum atomic E-state index is 12.2. The Morgan fingerprint density at radius 1 is 1.48 bits per heavy atom. The van der Waals surface area contributed by atoms with Crippen LogP contribution in [0.15, 0.2) is 18.2 Å². The molecule has 1 amide bonds. The van der Waals surface area contributed by atoms with Gasteiger partial charge in [0.1, 0.15) is 5.75 Å². The molecule has 0 radical (unpaired) electrons. The predicted molar refractivity (Wildman–Crippen MR) is 82.7 cm³/mol. The number of phenolic OH excluding ortho intramolecular Hbond substituents is 1. The van der Waals surface area contributed by atoms with Gasteiger partial charge >= 0.3 is 0 Å². The second-order valence-electron chi connectivity index (χ2n) is 5.17. The third kappa shape index (κ3) is 3.55. The molecule has 21 heavy (non-hydrogen) atoms. The van der Waals surface area contributed by atoms with Crippen molar-refractivity contribution in [3.05, 3.63) is 40.2 Å². The normalized spacial score (nSPS) is 12.2. The number of hydrogen-bond acceptors (Lipinski definition) is 3. The number of carbonyl (C=O) groups excluding carboxylic acids is 1. The van der Waals surface area contributed by atoms with Crippen molar-refractivity contribution >= 4 is 23.2 Å². The van der Waals surface area contributed by atoms with Crippen LogP contribution in [0.4, 0.5) is 5.69 Å². The number of anilines is 1. The highest BCUT2D eigenvalue weighted by molar-refractivity contribution is 6.31. The number of benzene rings is 1. The minimum absolute atomic E-state index is 0.00405. The molecule has 1 heterocycles. The number of nitrogens with zero attached hydrogens (tertiary/aromatic N) is 1. The Labute approximate surface area is 128 Å². The fraction of sp³-hybridized carbons (Fsp3) is 0.333. The zero-order valence-electron chi connectivity index (χ0n) is 12.2. The maximum Gasteiger partial charge on any atom is 0.227 e. The van der Waals surface area contributed by atoms with Crippen LogP contribution < -0.4 is 5.32 Å². The molecule has 0 bridgehead atoms. The van der Waals surface area contributed by atoms with E-state index in [-0.39, 0.29) is 17.6 Å². The van der Waals surface area contributed by atoms with Crippen LogP contribution in [0.3, 0.4) is 0 Å². The molecule has 0 aliphatic rings. The van der Waals surface area contributed by atoms with E-state index in [4.69, 9.17) is 11.6 Å². The monoisotopic (exact) mass is 307 g/mol. The molecule has 112 valence electrons. The minimum Gasteiger partial charge on any atom is -0.506 e. The molecule has 0 fully saturated rings. The van der Waals surface area contributed by atoms with Crippen molar-refractivity contribution in [3.8, 4) is 5.75 Å². The summed E-state index contributed by atoms with van der Waals surface area (Å²) in [4.78, 5) is 12.2. The fourth-order valence-corrected chi connectivity index (χ4v) is 2.31. The van der Waals surface area contributed by atoms with E-state index in [1.807, 2.05) is 20.8 Å². The van der Waals surface area contributed by atoms with Crippen LogP contribution >= 0.6 is 11.6 Å². The molecule has 1 atom stereocenters. The SMILES string of the molecule is Cc1n[nH]c(C)c1CC(C)C(=O)Nc1cc(Cl)ccc1O. The molecular weight excluding hydrogens is 290 g/mol. The van der Waals surface area contributed by atoms with Crippen molar-refractivity contribution < 1.29 is 9.90 Å². The van der Waals surface area contributed by atoms with Crippen molar-refractivity contribution in [2.75, 3.05) is 5.32 Å². The number of carbonyl (C=O) groups is 1. The summed E-state index contributed by atoms with van der Waals surface area (Å²) in [6.45, 7) is 5.68. The quantitative estimate of drug-likeness (QED) is 0.759. The lowest BCUT2D eigenvalue weighted by atomic mass is 9.99. The van der Waals surface area contributed by atoms with Crippen LogP contribution in [0.5, 0.6) is 5.75 Å². The van der Waals surface area contributed by atoms with Gasteiger partial charge in [-0.05, 0) is 44.0 Å². The van der Waals surface area contributed by atoms with E-state index >= 15 is 0 Å². The Balaban J connectivity index is 2.08. The molecule has 0 saturated heterocycles. The summed E-state index contributed by atoms with van der Waals surface area (Å²) >= 11 is 5.86. The third-order valence-electron chi connectivity index (χ3n) is 3.46. The Morgan fingerprint density at radius 3 is 2.81 bits per heavy atom. The third-order valence-corrected chi connectivity index (χ3v) is 3.69. The number of hydrogen-bond donors (Lipinski definition) is 3. The van der Waals surface area contributed by atoms with E-state index in [1.165, 1.54) is 12.1 Å². The molecule has 1 aromatic carbocycles. The lowest BCUT2D eigenvalue weighted by molar-refractivity contribution is -0.119. The number of nitrogens with one attached hydrogen (secondary N) is 2. The Morgan fingerprint density at radius 2 is 2.19 bits per heavy atom. The molecule has 0 saturated carbocycles. The Bertz CT molecular complexity index is 647. The minimum atomic E-state index is -0.251. The highest BCUT2D eigenvalue weighted by Gasteiger charge is 2.18. The van der Waals surface area contributed by atoms with Crippen LogP contribution in [0, 0.1) is 19.8 Å². The van der Waals surface area contributed by atoms with E-state index in [2.05, 4.69) is 15.5 Å². The number of halogens is 1. The molecule has 6 heteroatoms. The number of aromatic hydroxyl groups is 1. The van der Waals surface area contributed by atoms with Gasteiger partial charge in [-0.25, -0.2) is 0 Å². The zero-order valence-corrected chi connectivity index (χ0v) is 13.0. The molecule has 5 nitrogen and oxygen atoms in total. The van der Waals surface area contributed by atoms with Gasteiger partial charge in [-0.15, -0.1) is 0 Å². The molecule has 1 aromatic heterocycles. The number of amides is 1. The van der Waals surface area contributed by atoms with Crippen LogP contribution in [-0.4, -0.2) is 21.2 Å². The second kappa shape index (κ2) is 6.18. The van der Waals surface area contributed by atoms with E-state index in [9.17, 15) is 9.90 Å². The van der Waals surface area contributed by atoms with Crippen LogP contribution in [-0.2, 0) is 11.2 Å². The fourth-order valence-electron chi connectivity index (χ4n) is 2.14. The number of aromatic amines is 1. The number of H-pyrrole nitrogens is 1. The molecule has 3 N–H and O–H groups in total. The van der Waals surface area contributed by atoms with E-state index in [1.54, 1.807) is 6.07 Å². The standard InChI is InChI=1S/C15H18ClN3O2/c1-8(6-12-9(2)18-19-10(12)3)15(21)17-13-7-11(16)4-5-14(13)20/h4-5,7-8,20H,6H2,1-3H3,(H,17,21)(H,18,19). The summed E-state index contributed by atoms with van der Waals surface area (Å²) in [6.07, 6.45) is 0.585. The lowest BCUT2D eigenvalue weighted by Gasteiger charge is -2.13.